The molecule has 1 fully saturated rings. The highest BCUT2D eigenvalue weighted by Crippen LogP contribution is 2.19. The van der Waals surface area contributed by atoms with Crippen LogP contribution in [0, 0.1) is 0 Å². The Kier molecular flexibility index (Phi) is 8.78. The molecule has 1 unspecified atom stereocenters. The molecule has 1 rings (SSSR count). The molecule has 1 aliphatic heterocycles. The number of nitrogens with zero attached hydrogens (tertiary/aromatic N) is 1. The van der Waals surface area contributed by atoms with Crippen molar-refractivity contribution < 1.29 is 0 Å². The van der Waals surface area contributed by atoms with E-state index >= 15 is 0 Å². The van der Waals surface area contributed by atoms with Gasteiger partial charge in [-0.3, -0.25) is 4.90 Å². The topological polar surface area (TPSA) is 15.3 Å². The average molecular weight is 252 g/mol. The minimum atomic E-state index is 0.730. The zero-order valence-corrected chi connectivity index (χ0v) is 12.9. The lowest BCUT2D eigenvalue weighted by Crippen LogP contribution is -2.48. The maximum Gasteiger partial charge on any atom is 0.182 e. The van der Waals surface area contributed by atoms with Crippen molar-refractivity contribution in [3.8, 4) is 0 Å². The van der Waals surface area contributed by atoms with Gasteiger partial charge in [0.2, 0.25) is 0 Å². The predicted molar refractivity (Wildman–Crippen MR) is 83.7 cm³/mol. The Morgan fingerprint density at radius 2 is 2.00 bits per heavy atom. The predicted octanol–water partition coefficient (Wildman–Crippen LogP) is 2.73. The monoisotopic (exact) mass is 252 g/mol. The van der Waals surface area contributed by atoms with Gasteiger partial charge in [-0.15, -0.1) is 0 Å². The van der Waals surface area contributed by atoms with Crippen LogP contribution in [0.2, 0.25) is 0 Å². The Hall–Kier alpha value is -0.0151. The average Bonchev–Trinajstić information content (AvgIpc) is 2.43. The lowest BCUT2D eigenvalue weighted by molar-refractivity contribution is 0.132. The molecular weight excluding hydrogens is 219 g/mol. The van der Waals surface area contributed by atoms with Crippen LogP contribution in [0.15, 0.2) is 0 Å². The summed E-state index contributed by atoms with van der Waals surface area (Å²) >= 11 is 0. The molecule has 0 aromatic rings. The van der Waals surface area contributed by atoms with E-state index in [2.05, 4.69) is 32.0 Å². The maximum absolute atomic E-state index is 3.46. The van der Waals surface area contributed by atoms with E-state index in [-0.39, 0.29) is 0 Å². The van der Waals surface area contributed by atoms with Crippen LogP contribution >= 0.6 is 0 Å². The van der Waals surface area contributed by atoms with Gasteiger partial charge in [-0.05, 0) is 32.2 Å². The van der Waals surface area contributed by atoms with E-state index in [1.165, 1.54) is 70.9 Å². The lowest BCUT2D eigenvalue weighted by atomic mass is 9.98. The first-order valence-electron chi connectivity index (χ1n) is 8.23. The fraction of sp³-hybridized carbons (Fsp3) is 1.00. The molecule has 0 bridgehead atoms. The molecule has 0 aromatic heterocycles. The van der Waals surface area contributed by atoms with Crippen molar-refractivity contribution >= 4 is 7.98 Å². The van der Waals surface area contributed by atoms with E-state index in [0.29, 0.717) is 0 Å². The second-order valence-corrected chi connectivity index (χ2v) is 5.89. The lowest BCUT2D eigenvalue weighted by Gasteiger charge is -2.38. The molecule has 0 saturated carbocycles. The molecule has 1 N–H and O–H groups in total. The third-order valence-corrected chi connectivity index (χ3v) is 4.49. The molecule has 0 radical (unpaired) electrons. The molecular formula is C15H33BN2. The van der Waals surface area contributed by atoms with Crippen LogP contribution in [0.25, 0.3) is 0 Å². The van der Waals surface area contributed by atoms with Gasteiger partial charge in [0.1, 0.15) is 0 Å². The molecule has 0 aromatic carbocycles. The van der Waals surface area contributed by atoms with Gasteiger partial charge >= 0.3 is 0 Å². The van der Waals surface area contributed by atoms with Gasteiger partial charge in [0.25, 0.3) is 0 Å². The summed E-state index contributed by atoms with van der Waals surface area (Å²) in [4.78, 5) is 2.74. The second-order valence-electron chi connectivity index (χ2n) is 5.89. The van der Waals surface area contributed by atoms with Gasteiger partial charge in [-0.25, -0.2) is 0 Å². The van der Waals surface area contributed by atoms with Crippen LogP contribution in [0.5, 0.6) is 0 Å². The number of hydrogen-bond acceptors (Lipinski definition) is 2. The van der Waals surface area contributed by atoms with Crippen LogP contribution in [0.4, 0.5) is 0 Å². The molecule has 0 spiro atoms. The number of nitrogens with one attached hydrogen (secondary N) is 1. The van der Waals surface area contributed by atoms with E-state index in [1.54, 1.807) is 0 Å². The Balaban J connectivity index is 2.22. The largest absolute Gasteiger partial charge is 0.358 e. The van der Waals surface area contributed by atoms with E-state index in [9.17, 15) is 0 Å². The number of piperidine rings is 1. The number of likely N-dealkylation sites (tertiary alicyclic amines) is 1. The fourth-order valence-corrected chi connectivity index (χ4v) is 3.20. The van der Waals surface area contributed by atoms with Crippen molar-refractivity contribution in [2.75, 3.05) is 13.1 Å². The summed E-state index contributed by atoms with van der Waals surface area (Å²) in [7, 11) is 2.11. The Labute approximate surface area is 115 Å². The van der Waals surface area contributed by atoms with Gasteiger partial charge in [-0.2, -0.15) is 0 Å². The molecule has 0 amide bonds. The van der Waals surface area contributed by atoms with E-state index < -0.39 is 0 Å². The SMILES string of the molecule is BN[C@H]1CCCN(C(CC)CCCCCCC)C1. The van der Waals surface area contributed by atoms with Crippen molar-refractivity contribution in [3.63, 3.8) is 0 Å². The molecule has 106 valence electrons. The molecule has 2 atom stereocenters. The maximum atomic E-state index is 3.46. The van der Waals surface area contributed by atoms with Crippen LogP contribution in [-0.2, 0) is 0 Å². The second kappa shape index (κ2) is 9.86. The van der Waals surface area contributed by atoms with Gasteiger partial charge in [0.05, 0.1) is 0 Å². The van der Waals surface area contributed by atoms with E-state index in [0.717, 1.165) is 12.1 Å². The molecule has 1 saturated heterocycles. The zero-order chi connectivity index (χ0) is 13.2. The molecule has 1 heterocycles. The van der Waals surface area contributed by atoms with Crippen LogP contribution in [0.3, 0.4) is 0 Å². The van der Waals surface area contributed by atoms with Crippen LogP contribution in [-0.4, -0.2) is 38.1 Å². The van der Waals surface area contributed by atoms with Crippen molar-refractivity contribution in [3.05, 3.63) is 0 Å². The van der Waals surface area contributed by atoms with Crippen LogP contribution in [0.1, 0.15) is 71.6 Å². The van der Waals surface area contributed by atoms with Crippen molar-refractivity contribution in [1.29, 1.82) is 0 Å². The Bertz CT molecular complexity index is 199. The number of unbranched alkanes of at least 4 members (excludes halogenated alkanes) is 4. The van der Waals surface area contributed by atoms with Gasteiger partial charge in [0.15, 0.2) is 7.98 Å². The quantitative estimate of drug-likeness (QED) is 0.501. The molecule has 0 aliphatic carbocycles. The molecule has 3 heteroatoms. The normalized spacial score (nSPS) is 23.1. The van der Waals surface area contributed by atoms with Gasteiger partial charge < -0.3 is 5.23 Å². The summed E-state index contributed by atoms with van der Waals surface area (Å²) in [6.45, 7) is 7.25. The van der Waals surface area contributed by atoms with Gasteiger partial charge in [0, 0.05) is 18.6 Å². The highest BCUT2D eigenvalue weighted by molar-refractivity contribution is 6.04. The standard InChI is InChI=1S/C15H33BN2/c1-3-5-6-7-8-11-15(4-2)18-12-9-10-14(13-18)17-16/h14-15,17H,3-13,16H2,1-2H3/t14-,15?/m0/s1. The third kappa shape index (κ3) is 5.75. The summed E-state index contributed by atoms with van der Waals surface area (Å²) in [6.07, 6.45) is 12.5. The van der Waals surface area contributed by atoms with Crippen molar-refractivity contribution in [1.82, 2.24) is 10.1 Å². The first-order chi connectivity index (χ1) is 8.81. The highest BCUT2D eigenvalue weighted by Gasteiger charge is 2.23. The first-order valence-corrected chi connectivity index (χ1v) is 8.23. The summed E-state index contributed by atoms with van der Waals surface area (Å²) in [6, 6.07) is 1.57. The summed E-state index contributed by atoms with van der Waals surface area (Å²) in [5.41, 5.74) is 0. The molecule has 18 heavy (non-hydrogen) atoms. The highest BCUT2D eigenvalue weighted by atomic mass is 15.2. The molecule has 2 nitrogen and oxygen atoms in total. The molecule has 1 aliphatic rings. The summed E-state index contributed by atoms with van der Waals surface area (Å²) < 4.78 is 0. The Morgan fingerprint density at radius 1 is 1.22 bits per heavy atom. The number of rotatable bonds is 9. The van der Waals surface area contributed by atoms with Gasteiger partial charge in [-0.1, -0.05) is 46.0 Å². The summed E-state index contributed by atoms with van der Waals surface area (Å²) in [5.74, 6) is 0. The van der Waals surface area contributed by atoms with Crippen molar-refractivity contribution in [2.24, 2.45) is 0 Å². The fourth-order valence-electron chi connectivity index (χ4n) is 3.20. The smallest absolute Gasteiger partial charge is 0.182 e. The minimum absolute atomic E-state index is 0.730. The van der Waals surface area contributed by atoms with E-state index in [1.807, 2.05) is 0 Å². The van der Waals surface area contributed by atoms with Crippen molar-refractivity contribution in [2.45, 2.75) is 83.7 Å². The number of hydrogen-bond donors (Lipinski definition) is 1. The Morgan fingerprint density at radius 3 is 2.67 bits per heavy atom. The summed E-state index contributed by atoms with van der Waals surface area (Å²) in [5, 5.41) is 3.46. The van der Waals surface area contributed by atoms with E-state index in [4.69, 9.17) is 0 Å². The zero-order valence-electron chi connectivity index (χ0n) is 12.9. The first kappa shape index (κ1) is 16.0. The van der Waals surface area contributed by atoms with Crippen LogP contribution < -0.4 is 5.23 Å². The minimum Gasteiger partial charge on any atom is -0.358 e. The third-order valence-electron chi connectivity index (χ3n) is 4.49.